The number of benzene rings is 1. The van der Waals surface area contributed by atoms with Crippen molar-refractivity contribution in [2.75, 3.05) is 13.7 Å². The molecule has 0 saturated carbocycles. The minimum atomic E-state index is -1.09. The average molecular weight is 336 g/mol. The fraction of sp³-hybridized carbons (Fsp3) is 0.471. The highest BCUT2D eigenvalue weighted by molar-refractivity contribution is 5.98. The number of hydrogen-bond acceptors (Lipinski definition) is 5. The highest BCUT2D eigenvalue weighted by Gasteiger charge is 2.20. The predicted molar refractivity (Wildman–Crippen MR) is 88.9 cm³/mol. The molecule has 0 heterocycles. The Labute approximate surface area is 141 Å². The summed E-state index contributed by atoms with van der Waals surface area (Å²) in [4.78, 5) is 34.7. The highest BCUT2D eigenvalue weighted by atomic mass is 16.5. The normalized spacial score (nSPS) is 11.5. The lowest BCUT2D eigenvalue weighted by Crippen LogP contribution is -2.43. The Kier molecular flexibility index (Phi) is 7.74. The van der Waals surface area contributed by atoms with Crippen LogP contribution in [0.3, 0.4) is 0 Å². The van der Waals surface area contributed by atoms with Crippen LogP contribution in [0.1, 0.15) is 37.6 Å². The first-order chi connectivity index (χ1) is 11.3. The van der Waals surface area contributed by atoms with Gasteiger partial charge in [-0.05, 0) is 43.5 Å². The lowest BCUT2D eigenvalue weighted by molar-refractivity contribution is -0.127. The first kappa shape index (κ1) is 19.5. The molecule has 0 fully saturated rings. The highest BCUT2D eigenvalue weighted by Crippen LogP contribution is 2.14. The summed E-state index contributed by atoms with van der Waals surface area (Å²) in [5.41, 5.74) is 0.297. The molecule has 0 aliphatic carbocycles. The SMILES string of the molecule is CNC(=O)NC(=O)C(C)OC(=O)c1ccc(OCCC(C)C)cc1. The van der Waals surface area contributed by atoms with Gasteiger partial charge in [-0.3, -0.25) is 10.1 Å². The second-order valence-electron chi connectivity index (χ2n) is 5.67. The third-order valence-corrected chi connectivity index (χ3v) is 3.17. The van der Waals surface area contributed by atoms with E-state index >= 15 is 0 Å². The molecule has 3 amide bonds. The number of esters is 1. The average Bonchev–Trinajstić information content (AvgIpc) is 2.54. The van der Waals surface area contributed by atoms with Gasteiger partial charge in [0.15, 0.2) is 6.10 Å². The maximum Gasteiger partial charge on any atom is 0.338 e. The molecule has 1 unspecified atom stereocenters. The van der Waals surface area contributed by atoms with Crippen molar-refractivity contribution in [2.24, 2.45) is 5.92 Å². The summed E-state index contributed by atoms with van der Waals surface area (Å²) < 4.78 is 10.6. The Hall–Kier alpha value is -2.57. The van der Waals surface area contributed by atoms with Gasteiger partial charge in [0, 0.05) is 7.05 Å². The van der Waals surface area contributed by atoms with E-state index in [1.807, 2.05) is 5.32 Å². The minimum Gasteiger partial charge on any atom is -0.494 e. The van der Waals surface area contributed by atoms with Crippen LogP contribution in [0.2, 0.25) is 0 Å². The summed E-state index contributed by atoms with van der Waals surface area (Å²) in [7, 11) is 1.38. The van der Waals surface area contributed by atoms with E-state index in [0.717, 1.165) is 6.42 Å². The van der Waals surface area contributed by atoms with Gasteiger partial charge < -0.3 is 14.8 Å². The Morgan fingerprint density at radius 3 is 2.25 bits per heavy atom. The monoisotopic (exact) mass is 336 g/mol. The second-order valence-corrected chi connectivity index (χ2v) is 5.67. The summed E-state index contributed by atoms with van der Waals surface area (Å²) in [5.74, 6) is -0.126. The van der Waals surface area contributed by atoms with Crippen molar-refractivity contribution < 1.29 is 23.9 Å². The number of nitrogens with one attached hydrogen (secondary N) is 2. The van der Waals surface area contributed by atoms with Crippen LogP contribution in [-0.4, -0.2) is 37.7 Å². The molecule has 7 nitrogen and oxygen atoms in total. The van der Waals surface area contributed by atoms with Gasteiger partial charge in [0.1, 0.15) is 5.75 Å². The van der Waals surface area contributed by atoms with E-state index in [1.165, 1.54) is 14.0 Å². The van der Waals surface area contributed by atoms with Crippen LogP contribution in [0.25, 0.3) is 0 Å². The van der Waals surface area contributed by atoms with Crippen molar-refractivity contribution in [1.82, 2.24) is 10.6 Å². The molecular formula is C17H24N2O5. The molecule has 1 aromatic rings. The predicted octanol–water partition coefficient (Wildman–Crippen LogP) is 2.11. The minimum absolute atomic E-state index is 0.297. The zero-order valence-corrected chi connectivity index (χ0v) is 14.4. The molecule has 24 heavy (non-hydrogen) atoms. The largest absolute Gasteiger partial charge is 0.494 e. The molecule has 0 aliphatic rings. The summed E-state index contributed by atoms with van der Waals surface area (Å²) >= 11 is 0. The van der Waals surface area contributed by atoms with Crippen molar-refractivity contribution >= 4 is 17.9 Å². The van der Waals surface area contributed by atoms with Crippen molar-refractivity contribution in [3.8, 4) is 5.75 Å². The van der Waals surface area contributed by atoms with Gasteiger partial charge in [-0.2, -0.15) is 0 Å². The number of imide groups is 1. The molecule has 0 aromatic heterocycles. The first-order valence-electron chi connectivity index (χ1n) is 7.80. The number of urea groups is 1. The molecule has 0 spiro atoms. The zero-order chi connectivity index (χ0) is 18.1. The van der Waals surface area contributed by atoms with Gasteiger partial charge in [0.25, 0.3) is 5.91 Å². The van der Waals surface area contributed by atoms with E-state index in [9.17, 15) is 14.4 Å². The summed E-state index contributed by atoms with van der Waals surface area (Å²) in [6.45, 7) is 6.23. The van der Waals surface area contributed by atoms with Gasteiger partial charge in [-0.1, -0.05) is 13.8 Å². The zero-order valence-electron chi connectivity index (χ0n) is 14.4. The second kappa shape index (κ2) is 9.54. The number of hydrogen-bond donors (Lipinski definition) is 2. The molecular weight excluding hydrogens is 312 g/mol. The quantitative estimate of drug-likeness (QED) is 0.744. The van der Waals surface area contributed by atoms with E-state index in [2.05, 4.69) is 19.2 Å². The fourth-order valence-electron chi connectivity index (χ4n) is 1.66. The van der Waals surface area contributed by atoms with Crippen LogP contribution in [0.15, 0.2) is 24.3 Å². The lowest BCUT2D eigenvalue weighted by atomic mass is 10.1. The van der Waals surface area contributed by atoms with Crippen LogP contribution < -0.4 is 15.4 Å². The Bertz CT molecular complexity index is 569. The third kappa shape index (κ3) is 6.68. The topological polar surface area (TPSA) is 93.7 Å². The van der Waals surface area contributed by atoms with Crippen LogP contribution in [0, 0.1) is 5.92 Å². The number of rotatable bonds is 7. The van der Waals surface area contributed by atoms with Crippen LogP contribution in [0.5, 0.6) is 5.75 Å². The summed E-state index contributed by atoms with van der Waals surface area (Å²) in [5, 5.41) is 4.28. The molecule has 1 rings (SSSR count). The molecule has 0 radical (unpaired) electrons. The molecule has 0 aliphatic heterocycles. The molecule has 2 N–H and O–H groups in total. The number of carbonyl (C=O) groups excluding carboxylic acids is 3. The molecule has 132 valence electrons. The Balaban J connectivity index is 2.52. The van der Waals surface area contributed by atoms with Crippen LogP contribution >= 0.6 is 0 Å². The summed E-state index contributed by atoms with van der Waals surface area (Å²) in [6.07, 6.45) is -0.140. The molecule has 0 bridgehead atoms. The molecule has 7 heteroatoms. The standard InChI is InChI=1S/C17H24N2O5/c1-11(2)9-10-23-14-7-5-13(6-8-14)16(21)24-12(3)15(20)19-17(22)18-4/h5-8,11-12H,9-10H2,1-4H3,(H2,18,19,20,22). The smallest absolute Gasteiger partial charge is 0.338 e. The van der Waals surface area contributed by atoms with Gasteiger partial charge in [-0.15, -0.1) is 0 Å². The van der Waals surface area contributed by atoms with E-state index in [4.69, 9.17) is 9.47 Å². The first-order valence-corrected chi connectivity index (χ1v) is 7.80. The summed E-state index contributed by atoms with van der Waals surface area (Å²) in [6, 6.07) is 5.82. The maximum atomic E-state index is 12.0. The van der Waals surface area contributed by atoms with Crippen molar-refractivity contribution in [2.45, 2.75) is 33.3 Å². The Morgan fingerprint density at radius 1 is 1.08 bits per heavy atom. The fourth-order valence-corrected chi connectivity index (χ4v) is 1.66. The van der Waals surface area contributed by atoms with Crippen molar-refractivity contribution in [1.29, 1.82) is 0 Å². The van der Waals surface area contributed by atoms with E-state index in [1.54, 1.807) is 24.3 Å². The molecule has 1 aromatic carbocycles. The number of amides is 3. The van der Waals surface area contributed by atoms with Crippen molar-refractivity contribution in [3.63, 3.8) is 0 Å². The van der Waals surface area contributed by atoms with Crippen molar-refractivity contribution in [3.05, 3.63) is 29.8 Å². The van der Waals surface area contributed by atoms with Gasteiger partial charge in [0.2, 0.25) is 0 Å². The molecule has 0 saturated heterocycles. The maximum absolute atomic E-state index is 12.0. The van der Waals surface area contributed by atoms with E-state index in [-0.39, 0.29) is 0 Å². The molecule has 1 atom stereocenters. The van der Waals surface area contributed by atoms with Gasteiger partial charge in [-0.25, -0.2) is 9.59 Å². The van der Waals surface area contributed by atoms with Crippen LogP contribution in [-0.2, 0) is 9.53 Å². The van der Waals surface area contributed by atoms with Gasteiger partial charge in [0.05, 0.1) is 12.2 Å². The Morgan fingerprint density at radius 2 is 1.71 bits per heavy atom. The lowest BCUT2D eigenvalue weighted by Gasteiger charge is -2.13. The van der Waals surface area contributed by atoms with Gasteiger partial charge >= 0.3 is 12.0 Å². The van der Waals surface area contributed by atoms with E-state index < -0.39 is 24.0 Å². The van der Waals surface area contributed by atoms with E-state index in [0.29, 0.717) is 23.8 Å². The third-order valence-electron chi connectivity index (χ3n) is 3.17. The number of ether oxygens (including phenoxy) is 2. The van der Waals surface area contributed by atoms with Crippen LogP contribution in [0.4, 0.5) is 4.79 Å². The number of carbonyl (C=O) groups is 3.